The summed E-state index contributed by atoms with van der Waals surface area (Å²) >= 11 is 0. The molecular weight excluding hydrogens is 288 g/mol. The number of halogens is 1. The molecule has 0 aromatic heterocycles. The average Bonchev–Trinajstić information content (AvgIpc) is 2.46. The first-order valence-electron chi connectivity index (χ1n) is 7.26. The molecule has 1 aromatic rings. The van der Waals surface area contributed by atoms with E-state index < -0.39 is 5.54 Å². The molecule has 1 fully saturated rings. The Labute approximate surface area is 132 Å². The Bertz CT molecular complexity index is 485. The molecule has 0 spiro atoms. The van der Waals surface area contributed by atoms with Crippen LogP contribution in [-0.2, 0) is 11.3 Å². The van der Waals surface area contributed by atoms with Crippen molar-refractivity contribution in [3.8, 4) is 5.75 Å². The van der Waals surface area contributed by atoms with Crippen molar-refractivity contribution in [1.29, 1.82) is 0 Å². The van der Waals surface area contributed by atoms with E-state index >= 15 is 0 Å². The first-order chi connectivity index (χ1) is 9.55. The van der Waals surface area contributed by atoms with Crippen molar-refractivity contribution in [2.24, 2.45) is 5.73 Å². The van der Waals surface area contributed by atoms with E-state index in [1.165, 1.54) is 6.42 Å². The molecule has 0 heterocycles. The van der Waals surface area contributed by atoms with Gasteiger partial charge in [-0.05, 0) is 31.4 Å². The van der Waals surface area contributed by atoms with Crippen molar-refractivity contribution in [1.82, 2.24) is 5.32 Å². The molecule has 1 saturated carbocycles. The van der Waals surface area contributed by atoms with Crippen LogP contribution in [0, 0.1) is 6.92 Å². The fourth-order valence-electron chi connectivity index (χ4n) is 2.76. The Morgan fingerprint density at radius 3 is 2.62 bits per heavy atom. The predicted molar refractivity (Wildman–Crippen MR) is 86.8 cm³/mol. The third-order valence-electron chi connectivity index (χ3n) is 4.08. The van der Waals surface area contributed by atoms with Crippen molar-refractivity contribution in [2.45, 2.75) is 51.1 Å². The van der Waals surface area contributed by atoms with Crippen molar-refractivity contribution in [2.75, 3.05) is 7.11 Å². The largest absolute Gasteiger partial charge is 0.496 e. The zero-order valence-electron chi connectivity index (χ0n) is 12.8. The molecule has 0 saturated heterocycles. The van der Waals surface area contributed by atoms with Gasteiger partial charge in [-0.1, -0.05) is 31.4 Å². The minimum atomic E-state index is -0.684. The lowest BCUT2D eigenvalue weighted by molar-refractivity contribution is -0.127. The summed E-state index contributed by atoms with van der Waals surface area (Å²) in [6.07, 6.45) is 4.82. The normalized spacial score (nSPS) is 16.7. The summed E-state index contributed by atoms with van der Waals surface area (Å²) in [6, 6.07) is 5.97. The lowest BCUT2D eigenvalue weighted by Gasteiger charge is -2.31. The lowest BCUT2D eigenvalue weighted by atomic mass is 9.82. The summed E-state index contributed by atoms with van der Waals surface area (Å²) in [5.74, 6) is 0.764. The van der Waals surface area contributed by atoms with Gasteiger partial charge in [0.05, 0.1) is 12.6 Å². The zero-order chi connectivity index (χ0) is 14.6. The van der Waals surface area contributed by atoms with E-state index in [1.54, 1.807) is 7.11 Å². The number of aryl methyl sites for hydroxylation is 1. The highest BCUT2D eigenvalue weighted by Gasteiger charge is 2.34. The van der Waals surface area contributed by atoms with E-state index in [9.17, 15) is 4.79 Å². The van der Waals surface area contributed by atoms with Crippen molar-refractivity contribution in [3.05, 3.63) is 29.3 Å². The molecule has 1 aromatic carbocycles. The SMILES string of the molecule is COc1cc(C)ccc1CNC(=O)C1(N)CCCCC1.Cl. The molecule has 0 atom stereocenters. The van der Waals surface area contributed by atoms with Gasteiger partial charge in [-0.25, -0.2) is 0 Å². The second-order valence-corrected chi connectivity index (χ2v) is 5.71. The monoisotopic (exact) mass is 312 g/mol. The molecule has 1 aliphatic carbocycles. The Morgan fingerprint density at radius 2 is 2.00 bits per heavy atom. The molecule has 4 nitrogen and oxygen atoms in total. The number of carbonyl (C=O) groups excluding carboxylic acids is 1. The van der Waals surface area contributed by atoms with Gasteiger partial charge in [0.2, 0.25) is 5.91 Å². The third-order valence-corrected chi connectivity index (χ3v) is 4.08. The van der Waals surface area contributed by atoms with Gasteiger partial charge in [0.1, 0.15) is 5.75 Å². The Morgan fingerprint density at radius 1 is 1.33 bits per heavy atom. The first kappa shape index (κ1) is 17.8. The number of rotatable bonds is 4. The van der Waals surface area contributed by atoms with Gasteiger partial charge in [-0.15, -0.1) is 12.4 Å². The van der Waals surface area contributed by atoms with E-state index in [2.05, 4.69) is 5.32 Å². The van der Waals surface area contributed by atoms with E-state index in [1.807, 2.05) is 25.1 Å². The predicted octanol–water partition coefficient (Wildman–Crippen LogP) is 2.70. The number of amides is 1. The molecule has 0 radical (unpaired) electrons. The number of hydrogen-bond acceptors (Lipinski definition) is 3. The summed E-state index contributed by atoms with van der Waals surface area (Å²) < 4.78 is 5.35. The van der Waals surface area contributed by atoms with Gasteiger partial charge in [0.15, 0.2) is 0 Å². The minimum absolute atomic E-state index is 0. The molecule has 1 amide bonds. The number of methoxy groups -OCH3 is 1. The van der Waals surface area contributed by atoms with Crippen LogP contribution in [0.4, 0.5) is 0 Å². The fourth-order valence-corrected chi connectivity index (χ4v) is 2.76. The van der Waals surface area contributed by atoms with Crippen LogP contribution in [0.2, 0.25) is 0 Å². The van der Waals surface area contributed by atoms with Gasteiger partial charge in [-0.3, -0.25) is 4.79 Å². The van der Waals surface area contributed by atoms with Crippen LogP contribution in [0.15, 0.2) is 18.2 Å². The molecule has 118 valence electrons. The maximum absolute atomic E-state index is 12.3. The smallest absolute Gasteiger partial charge is 0.240 e. The van der Waals surface area contributed by atoms with Crippen molar-refractivity contribution >= 4 is 18.3 Å². The lowest BCUT2D eigenvalue weighted by Crippen LogP contribution is -2.54. The first-order valence-corrected chi connectivity index (χ1v) is 7.26. The van der Waals surface area contributed by atoms with E-state index in [-0.39, 0.29) is 18.3 Å². The number of hydrogen-bond donors (Lipinski definition) is 2. The summed E-state index contributed by atoms with van der Waals surface area (Å²) in [7, 11) is 1.64. The average molecular weight is 313 g/mol. The van der Waals surface area contributed by atoms with Gasteiger partial charge in [-0.2, -0.15) is 0 Å². The van der Waals surface area contributed by atoms with Crippen LogP contribution in [-0.4, -0.2) is 18.6 Å². The molecule has 21 heavy (non-hydrogen) atoms. The van der Waals surface area contributed by atoms with Crippen LogP contribution in [0.3, 0.4) is 0 Å². The second-order valence-electron chi connectivity index (χ2n) is 5.71. The standard InChI is InChI=1S/C16H24N2O2.ClH/c1-12-6-7-13(14(10-12)20-2)11-18-15(19)16(17)8-4-3-5-9-16;/h6-7,10H,3-5,8-9,11,17H2,1-2H3,(H,18,19);1H. The van der Waals surface area contributed by atoms with Crippen molar-refractivity contribution < 1.29 is 9.53 Å². The van der Waals surface area contributed by atoms with Gasteiger partial charge >= 0.3 is 0 Å². The molecule has 0 aliphatic heterocycles. The van der Waals surface area contributed by atoms with Crippen LogP contribution < -0.4 is 15.8 Å². The van der Waals surface area contributed by atoms with Crippen LogP contribution >= 0.6 is 12.4 Å². The third kappa shape index (κ3) is 4.35. The van der Waals surface area contributed by atoms with Gasteiger partial charge in [0, 0.05) is 12.1 Å². The molecule has 1 aliphatic rings. The van der Waals surface area contributed by atoms with Crippen LogP contribution in [0.1, 0.15) is 43.2 Å². The van der Waals surface area contributed by atoms with E-state index in [4.69, 9.17) is 10.5 Å². The maximum atomic E-state index is 12.3. The number of nitrogens with two attached hydrogens (primary N) is 1. The molecule has 0 unspecified atom stereocenters. The van der Waals surface area contributed by atoms with Crippen LogP contribution in [0.25, 0.3) is 0 Å². The summed E-state index contributed by atoms with van der Waals surface area (Å²) in [4.78, 5) is 12.3. The number of benzene rings is 1. The Balaban J connectivity index is 0.00000220. The maximum Gasteiger partial charge on any atom is 0.240 e. The van der Waals surface area contributed by atoms with E-state index in [0.29, 0.717) is 6.54 Å². The molecule has 3 N–H and O–H groups in total. The number of carbonyl (C=O) groups is 1. The second kappa shape index (κ2) is 7.66. The summed E-state index contributed by atoms with van der Waals surface area (Å²) in [5, 5.41) is 2.96. The molecule has 5 heteroatoms. The summed E-state index contributed by atoms with van der Waals surface area (Å²) in [6.45, 7) is 2.48. The highest BCUT2D eigenvalue weighted by Crippen LogP contribution is 2.26. The molecule has 0 bridgehead atoms. The highest BCUT2D eigenvalue weighted by atomic mass is 35.5. The number of nitrogens with one attached hydrogen (secondary N) is 1. The summed E-state index contributed by atoms with van der Waals surface area (Å²) in [5.41, 5.74) is 7.65. The van der Waals surface area contributed by atoms with Gasteiger partial charge < -0.3 is 15.8 Å². The Hall–Kier alpha value is -1.26. The topological polar surface area (TPSA) is 64.3 Å². The van der Waals surface area contributed by atoms with Crippen LogP contribution in [0.5, 0.6) is 5.75 Å². The Kier molecular flexibility index (Phi) is 6.49. The number of ether oxygens (including phenoxy) is 1. The minimum Gasteiger partial charge on any atom is -0.496 e. The fraction of sp³-hybridized carbons (Fsp3) is 0.562. The van der Waals surface area contributed by atoms with Crippen molar-refractivity contribution in [3.63, 3.8) is 0 Å². The zero-order valence-corrected chi connectivity index (χ0v) is 13.6. The molecular formula is C16H25ClN2O2. The highest BCUT2D eigenvalue weighted by molar-refractivity contribution is 5.86. The quantitative estimate of drug-likeness (QED) is 0.898. The molecule has 2 rings (SSSR count). The van der Waals surface area contributed by atoms with Gasteiger partial charge in [0.25, 0.3) is 0 Å². The van der Waals surface area contributed by atoms with E-state index in [0.717, 1.165) is 42.6 Å².